The van der Waals surface area contributed by atoms with Crippen LogP contribution in [0.5, 0.6) is 0 Å². The summed E-state index contributed by atoms with van der Waals surface area (Å²) in [5, 5.41) is 5.99. The third-order valence-electron chi connectivity index (χ3n) is 2.59. The Balaban J connectivity index is 2.29. The number of hydrogen-bond acceptors (Lipinski definition) is 4. The van der Waals surface area contributed by atoms with Crippen molar-refractivity contribution in [3.63, 3.8) is 0 Å². The molecule has 0 aliphatic heterocycles. The molecule has 1 aromatic heterocycles. The molecule has 0 bridgehead atoms. The molecule has 0 aliphatic carbocycles. The molecular weight excluding hydrogens is 326 g/mol. The SMILES string of the molecule is CC(=O)Nc1cc(C(N)=O)c(C(=O)Nc2cccc(Cl)c2)s1. The van der Waals surface area contributed by atoms with E-state index >= 15 is 0 Å². The smallest absolute Gasteiger partial charge is 0.266 e. The van der Waals surface area contributed by atoms with Gasteiger partial charge in [-0.1, -0.05) is 17.7 Å². The van der Waals surface area contributed by atoms with E-state index in [0.717, 1.165) is 11.3 Å². The lowest BCUT2D eigenvalue weighted by Crippen LogP contribution is -2.18. The summed E-state index contributed by atoms with van der Waals surface area (Å²) in [6.07, 6.45) is 0. The highest BCUT2D eigenvalue weighted by atomic mass is 35.5. The molecule has 1 aromatic carbocycles. The minimum atomic E-state index is -0.746. The number of hydrogen-bond donors (Lipinski definition) is 3. The van der Waals surface area contributed by atoms with Gasteiger partial charge in [-0.25, -0.2) is 0 Å². The first-order chi connectivity index (χ1) is 10.4. The summed E-state index contributed by atoms with van der Waals surface area (Å²) in [6.45, 7) is 1.33. The van der Waals surface area contributed by atoms with E-state index in [1.165, 1.54) is 13.0 Å². The van der Waals surface area contributed by atoms with Crippen LogP contribution in [0.25, 0.3) is 0 Å². The minimum absolute atomic E-state index is 0.0493. The van der Waals surface area contributed by atoms with E-state index in [4.69, 9.17) is 17.3 Å². The van der Waals surface area contributed by atoms with E-state index in [1.54, 1.807) is 24.3 Å². The molecule has 2 rings (SSSR count). The maximum atomic E-state index is 12.3. The Kier molecular flexibility index (Phi) is 4.79. The van der Waals surface area contributed by atoms with Crippen molar-refractivity contribution < 1.29 is 14.4 Å². The van der Waals surface area contributed by atoms with Gasteiger partial charge < -0.3 is 16.4 Å². The van der Waals surface area contributed by atoms with E-state index in [2.05, 4.69) is 10.6 Å². The number of carbonyl (C=O) groups is 3. The van der Waals surface area contributed by atoms with Crippen molar-refractivity contribution >= 4 is 51.3 Å². The van der Waals surface area contributed by atoms with Gasteiger partial charge in [0.05, 0.1) is 10.6 Å². The average molecular weight is 338 g/mol. The first kappa shape index (κ1) is 16.0. The van der Waals surface area contributed by atoms with Gasteiger partial charge in [0.15, 0.2) is 0 Å². The Hall–Kier alpha value is -2.38. The van der Waals surface area contributed by atoms with Crippen molar-refractivity contribution in [2.75, 3.05) is 10.6 Å². The van der Waals surface area contributed by atoms with Gasteiger partial charge in [0.25, 0.3) is 5.91 Å². The Labute approximate surface area is 135 Å². The number of anilines is 2. The Bertz CT molecular complexity index is 758. The summed E-state index contributed by atoms with van der Waals surface area (Å²) >= 11 is 6.82. The van der Waals surface area contributed by atoms with Crippen molar-refractivity contribution in [1.29, 1.82) is 0 Å². The van der Waals surface area contributed by atoms with E-state index in [1.807, 2.05) is 0 Å². The zero-order valence-electron chi connectivity index (χ0n) is 11.5. The van der Waals surface area contributed by atoms with Crippen LogP contribution in [0.4, 0.5) is 10.7 Å². The second-order valence-corrected chi connectivity index (χ2v) is 5.85. The summed E-state index contributed by atoms with van der Waals surface area (Å²) in [7, 11) is 0. The number of rotatable bonds is 4. The molecule has 8 heteroatoms. The first-order valence-corrected chi connectivity index (χ1v) is 7.34. The van der Waals surface area contributed by atoms with Gasteiger partial charge in [0.2, 0.25) is 11.8 Å². The monoisotopic (exact) mass is 337 g/mol. The third-order valence-corrected chi connectivity index (χ3v) is 3.87. The standard InChI is InChI=1S/C14H12ClN3O3S/c1-7(19)17-11-6-10(13(16)20)12(22-11)14(21)18-9-4-2-3-8(15)5-9/h2-6H,1H3,(H2,16,20)(H,17,19)(H,18,21). The van der Waals surface area contributed by atoms with Crippen LogP contribution >= 0.6 is 22.9 Å². The van der Waals surface area contributed by atoms with Gasteiger partial charge in [-0.2, -0.15) is 0 Å². The highest BCUT2D eigenvalue weighted by molar-refractivity contribution is 7.18. The summed E-state index contributed by atoms with van der Waals surface area (Å²) in [5.41, 5.74) is 5.81. The Morgan fingerprint density at radius 2 is 1.91 bits per heavy atom. The minimum Gasteiger partial charge on any atom is -0.366 e. The molecule has 0 spiro atoms. The van der Waals surface area contributed by atoms with Gasteiger partial charge >= 0.3 is 0 Å². The van der Waals surface area contributed by atoms with Crippen LogP contribution in [0.3, 0.4) is 0 Å². The number of thiophene rings is 1. The van der Waals surface area contributed by atoms with Gasteiger partial charge in [0, 0.05) is 17.6 Å². The quantitative estimate of drug-likeness (QED) is 0.799. The molecule has 6 nitrogen and oxygen atoms in total. The van der Waals surface area contributed by atoms with Gasteiger partial charge in [-0.05, 0) is 24.3 Å². The third kappa shape index (κ3) is 3.84. The van der Waals surface area contributed by atoms with Crippen LogP contribution in [0.2, 0.25) is 5.02 Å². The molecular formula is C14H12ClN3O3S. The van der Waals surface area contributed by atoms with Crippen LogP contribution in [0.15, 0.2) is 30.3 Å². The van der Waals surface area contributed by atoms with Crippen molar-refractivity contribution in [3.8, 4) is 0 Å². The van der Waals surface area contributed by atoms with Crippen molar-refractivity contribution in [2.24, 2.45) is 5.73 Å². The summed E-state index contributed by atoms with van der Waals surface area (Å²) in [4.78, 5) is 34.9. The van der Waals surface area contributed by atoms with E-state index in [-0.39, 0.29) is 16.3 Å². The predicted octanol–water partition coefficient (Wildman–Crippen LogP) is 2.71. The largest absolute Gasteiger partial charge is 0.366 e. The molecule has 0 aliphatic rings. The van der Waals surface area contributed by atoms with Crippen LogP contribution in [0, 0.1) is 0 Å². The summed E-state index contributed by atoms with van der Waals surface area (Å²) in [5.74, 6) is -1.55. The number of primary amides is 1. The fraction of sp³-hybridized carbons (Fsp3) is 0.0714. The Morgan fingerprint density at radius 1 is 1.18 bits per heavy atom. The number of carbonyl (C=O) groups excluding carboxylic acids is 3. The molecule has 114 valence electrons. The van der Waals surface area contributed by atoms with Gasteiger partial charge in [-0.15, -0.1) is 11.3 Å². The summed E-state index contributed by atoms with van der Waals surface area (Å²) < 4.78 is 0. The second kappa shape index (κ2) is 6.59. The number of nitrogens with one attached hydrogen (secondary N) is 2. The average Bonchev–Trinajstić information content (AvgIpc) is 2.82. The van der Waals surface area contributed by atoms with Crippen LogP contribution in [-0.4, -0.2) is 17.7 Å². The molecule has 3 amide bonds. The van der Waals surface area contributed by atoms with Crippen LogP contribution < -0.4 is 16.4 Å². The van der Waals surface area contributed by atoms with Gasteiger partial charge in [-0.3, -0.25) is 14.4 Å². The topological polar surface area (TPSA) is 101 Å². The van der Waals surface area contributed by atoms with Crippen molar-refractivity contribution in [3.05, 3.63) is 45.8 Å². The van der Waals surface area contributed by atoms with Crippen molar-refractivity contribution in [1.82, 2.24) is 0 Å². The van der Waals surface area contributed by atoms with E-state index in [0.29, 0.717) is 15.7 Å². The number of halogens is 1. The zero-order chi connectivity index (χ0) is 16.3. The number of amides is 3. The molecule has 0 radical (unpaired) electrons. The molecule has 22 heavy (non-hydrogen) atoms. The molecule has 1 heterocycles. The highest BCUT2D eigenvalue weighted by Crippen LogP contribution is 2.28. The molecule has 0 fully saturated rings. The zero-order valence-corrected chi connectivity index (χ0v) is 13.0. The molecule has 2 aromatic rings. The van der Waals surface area contributed by atoms with Gasteiger partial charge in [0.1, 0.15) is 4.88 Å². The highest BCUT2D eigenvalue weighted by Gasteiger charge is 2.20. The fourth-order valence-electron chi connectivity index (χ4n) is 1.73. The first-order valence-electron chi connectivity index (χ1n) is 6.15. The number of benzene rings is 1. The van der Waals surface area contributed by atoms with E-state index in [9.17, 15) is 14.4 Å². The number of nitrogens with two attached hydrogens (primary N) is 1. The van der Waals surface area contributed by atoms with E-state index < -0.39 is 11.8 Å². The molecule has 4 N–H and O–H groups in total. The maximum Gasteiger partial charge on any atom is 0.266 e. The van der Waals surface area contributed by atoms with Crippen molar-refractivity contribution in [2.45, 2.75) is 6.92 Å². The fourth-order valence-corrected chi connectivity index (χ4v) is 2.93. The molecule has 0 saturated carbocycles. The molecule has 0 saturated heterocycles. The lowest BCUT2D eigenvalue weighted by atomic mass is 10.2. The second-order valence-electron chi connectivity index (χ2n) is 4.36. The summed E-state index contributed by atoms with van der Waals surface area (Å²) in [6, 6.07) is 7.97. The Morgan fingerprint density at radius 3 is 2.50 bits per heavy atom. The lowest BCUT2D eigenvalue weighted by Gasteiger charge is -2.05. The molecule has 0 unspecified atom stereocenters. The predicted molar refractivity (Wildman–Crippen MR) is 86.5 cm³/mol. The lowest BCUT2D eigenvalue weighted by molar-refractivity contribution is -0.114. The van der Waals surface area contributed by atoms with Crippen LogP contribution in [0.1, 0.15) is 27.0 Å². The molecule has 0 atom stereocenters. The van der Waals surface area contributed by atoms with Crippen LogP contribution in [-0.2, 0) is 4.79 Å². The normalized spacial score (nSPS) is 10.1. The maximum absolute atomic E-state index is 12.3.